The van der Waals surface area contributed by atoms with Gasteiger partial charge in [0.1, 0.15) is 17.3 Å². The van der Waals surface area contributed by atoms with E-state index in [1.54, 1.807) is 4.90 Å². The zero-order valence-electron chi connectivity index (χ0n) is 35.0. The van der Waals surface area contributed by atoms with E-state index in [4.69, 9.17) is 18.3 Å². The summed E-state index contributed by atoms with van der Waals surface area (Å²) in [6.07, 6.45) is -2.81. The molecule has 0 radical (unpaired) electrons. The van der Waals surface area contributed by atoms with Gasteiger partial charge in [-0.05, 0) is 128 Å². The number of rotatable bonds is 17. The Labute approximate surface area is 363 Å². The third-order valence-electron chi connectivity index (χ3n) is 13.7. The highest BCUT2D eigenvalue weighted by Crippen LogP contribution is 2.63. The van der Waals surface area contributed by atoms with Crippen LogP contribution in [0.3, 0.4) is 0 Å². The molecule has 16 heteroatoms. The van der Waals surface area contributed by atoms with Gasteiger partial charge in [0.15, 0.2) is 0 Å². The van der Waals surface area contributed by atoms with Crippen LogP contribution in [0.5, 0.6) is 5.75 Å². The highest BCUT2D eigenvalue weighted by Gasteiger charge is 2.57. The molecule has 62 heavy (non-hydrogen) atoms. The van der Waals surface area contributed by atoms with Gasteiger partial charge in [-0.2, -0.15) is 22.0 Å². The number of halogens is 5. The van der Waals surface area contributed by atoms with Gasteiger partial charge in [-0.25, -0.2) is 9.36 Å². The summed E-state index contributed by atoms with van der Waals surface area (Å²) >= 11 is -1.53. The molecule has 1 N–H and O–H groups in total. The van der Waals surface area contributed by atoms with Crippen LogP contribution in [0.25, 0.3) is 0 Å². The topological polar surface area (TPSA) is 118 Å². The number of phosphoric acid groups is 1. The molecule has 1 heterocycles. The van der Waals surface area contributed by atoms with E-state index in [1.807, 2.05) is 78.9 Å². The predicted molar refractivity (Wildman–Crippen MR) is 225 cm³/mol. The standard InChI is InChI=1S/C46H57F5NO8PS/c1-44-23-19-39-38-16-15-37(29-35(38)28-34(42(39)40(44)17-18-41(44)53)14-8-26-62(56)27-9-22-45(47,48)46(49,50)51)59-43(54)52-24-20-36(21-25-52)60-61(55,57-30-32-10-4-2-5-11-32)58-31-33-12-6-3-7-13-33/h2-7,10-13,15-16,29,34,36,39-42,53H,8-9,14,17-28,30-31H2,1H3/t34-,39-,40+,41+,42-,44+,62?/m1/s1. The van der Waals surface area contributed by atoms with Gasteiger partial charge in [0.05, 0.1) is 25.4 Å². The number of carbonyl (C=O) groups is 1. The summed E-state index contributed by atoms with van der Waals surface area (Å²) in [5.41, 5.74) is 3.69. The van der Waals surface area contributed by atoms with Crippen LogP contribution in [0.1, 0.15) is 99.3 Å². The zero-order chi connectivity index (χ0) is 44.1. The van der Waals surface area contributed by atoms with Crippen LogP contribution >= 0.6 is 7.82 Å². The first-order valence-corrected chi connectivity index (χ1v) is 24.7. The first kappa shape index (κ1) is 46.9. The number of hydrogen-bond acceptors (Lipinski definition) is 8. The van der Waals surface area contributed by atoms with E-state index < -0.39 is 56.1 Å². The number of fused-ring (bicyclic) bond motifs is 5. The van der Waals surface area contributed by atoms with Crippen molar-refractivity contribution in [3.8, 4) is 5.75 Å². The van der Waals surface area contributed by atoms with Crippen molar-refractivity contribution in [2.24, 2.45) is 23.2 Å². The van der Waals surface area contributed by atoms with E-state index >= 15 is 0 Å². The zero-order valence-corrected chi connectivity index (χ0v) is 36.7. The van der Waals surface area contributed by atoms with Crippen molar-refractivity contribution in [1.82, 2.24) is 4.90 Å². The number of hydrogen-bond donors (Lipinski definition) is 1. The van der Waals surface area contributed by atoms with Crippen LogP contribution in [0.4, 0.5) is 26.7 Å². The molecular formula is C46H57F5NO8PS. The first-order valence-electron chi connectivity index (χ1n) is 21.8. The number of alkyl halides is 5. The molecule has 0 bridgehead atoms. The van der Waals surface area contributed by atoms with E-state index in [1.165, 1.54) is 5.56 Å². The number of aliphatic hydroxyl groups is 1. The number of piperidine rings is 1. The second kappa shape index (κ2) is 20.0. The fourth-order valence-electron chi connectivity index (χ4n) is 10.3. The number of amides is 1. The molecule has 1 amide bonds. The van der Waals surface area contributed by atoms with E-state index in [0.29, 0.717) is 50.9 Å². The number of nitrogens with zero attached hydrogens (tertiary/aromatic N) is 1. The van der Waals surface area contributed by atoms with Gasteiger partial charge in [0, 0.05) is 19.5 Å². The number of carbonyl (C=O) groups excluding carboxylic acids is 1. The third-order valence-corrected chi connectivity index (χ3v) is 16.6. The van der Waals surface area contributed by atoms with Gasteiger partial charge in [0.25, 0.3) is 0 Å². The van der Waals surface area contributed by atoms with Crippen LogP contribution in [-0.4, -0.2) is 69.6 Å². The molecule has 340 valence electrons. The average molecular weight is 910 g/mol. The summed E-state index contributed by atoms with van der Waals surface area (Å²) in [6.45, 7) is 2.85. The van der Waals surface area contributed by atoms with Crippen molar-refractivity contribution in [2.45, 2.75) is 121 Å². The largest absolute Gasteiger partial charge is 0.616 e. The van der Waals surface area contributed by atoms with Crippen molar-refractivity contribution in [2.75, 3.05) is 24.6 Å². The molecule has 1 unspecified atom stereocenters. The van der Waals surface area contributed by atoms with Crippen molar-refractivity contribution >= 4 is 25.1 Å². The monoisotopic (exact) mass is 909 g/mol. The smallest absolute Gasteiger partial charge is 0.475 e. The van der Waals surface area contributed by atoms with Crippen LogP contribution < -0.4 is 4.74 Å². The minimum atomic E-state index is -5.62. The van der Waals surface area contributed by atoms with Gasteiger partial charge >= 0.3 is 26.0 Å². The minimum absolute atomic E-state index is 0.0354. The maximum Gasteiger partial charge on any atom is 0.475 e. The van der Waals surface area contributed by atoms with E-state index in [-0.39, 0.29) is 59.9 Å². The van der Waals surface area contributed by atoms with Gasteiger partial charge in [-0.3, -0.25) is 13.6 Å². The van der Waals surface area contributed by atoms with Crippen LogP contribution in [0.15, 0.2) is 78.9 Å². The van der Waals surface area contributed by atoms with E-state index in [0.717, 1.165) is 42.4 Å². The predicted octanol–water partition coefficient (Wildman–Crippen LogP) is 11.2. The average Bonchev–Trinajstić information content (AvgIpc) is 3.56. The Morgan fingerprint density at radius 2 is 1.52 bits per heavy atom. The molecule has 0 spiro atoms. The molecular weight excluding hydrogens is 853 g/mol. The molecule has 4 aliphatic rings. The highest BCUT2D eigenvalue weighted by molar-refractivity contribution is 7.91. The van der Waals surface area contributed by atoms with Crippen molar-refractivity contribution in [3.63, 3.8) is 0 Å². The van der Waals surface area contributed by atoms with Crippen LogP contribution in [-0.2, 0) is 48.9 Å². The summed E-state index contributed by atoms with van der Waals surface area (Å²) in [5, 5.41) is 11.1. The van der Waals surface area contributed by atoms with Crippen LogP contribution in [0.2, 0.25) is 0 Å². The van der Waals surface area contributed by atoms with E-state index in [9.17, 15) is 41.0 Å². The van der Waals surface area contributed by atoms with Gasteiger partial charge in [-0.15, -0.1) is 0 Å². The Bertz CT molecular complexity index is 1940. The fraction of sp³-hybridized carbons (Fsp3) is 0.587. The number of aliphatic hydroxyl groups excluding tert-OH is 1. The van der Waals surface area contributed by atoms with Gasteiger partial charge in [0.2, 0.25) is 0 Å². The molecule has 0 aromatic heterocycles. The summed E-state index contributed by atoms with van der Waals surface area (Å²) < 4.78 is 115. The fourth-order valence-corrected chi connectivity index (χ4v) is 12.9. The normalized spacial score (nSPS) is 26.1. The molecule has 1 aliphatic heterocycles. The molecule has 7 atom stereocenters. The van der Waals surface area contributed by atoms with Gasteiger partial charge in [-0.1, -0.05) is 84.8 Å². The number of likely N-dealkylation sites (tertiary alicyclic amines) is 1. The highest BCUT2D eigenvalue weighted by atomic mass is 32.2. The molecule has 3 fully saturated rings. The summed E-state index contributed by atoms with van der Waals surface area (Å²) in [4.78, 5) is 15.1. The molecule has 3 aromatic rings. The molecule has 1 saturated heterocycles. The molecule has 2 saturated carbocycles. The Morgan fingerprint density at radius 1 is 0.887 bits per heavy atom. The minimum Gasteiger partial charge on any atom is -0.616 e. The SMILES string of the molecule is C[C@]12CC[C@@H]3c4ccc(OC(=O)N5CCC(OP(=O)(OCc6ccccc6)OCc6ccccc6)CC5)cc4C[C@@H](CCC[S+]([O-])CCCC(F)(F)C(F)(F)F)[C@H]3[C@@H]1CC[C@@H]2O. The summed E-state index contributed by atoms with van der Waals surface area (Å²) in [7, 11) is -4.01. The summed E-state index contributed by atoms with van der Waals surface area (Å²) in [5.74, 6) is -3.48. The maximum absolute atomic E-state index is 13.9. The third kappa shape index (κ3) is 11.2. The lowest BCUT2D eigenvalue weighted by Gasteiger charge is -2.53. The number of ether oxygens (including phenoxy) is 1. The lowest BCUT2D eigenvalue weighted by atomic mass is 9.52. The first-order chi connectivity index (χ1) is 29.5. The van der Waals surface area contributed by atoms with Crippen molar-refractivity contribution in [3.05, 3.63) is 101 Å². The van der Waals surface area contributed by atoms with Crippen molar-refractivity contribution in [1.29, 1.82) is 0 Å². The molecule has 3 aliphatic carbocycles. The number of phosphoric ester groups is 1. The second-order valence-electron chi connectivity index (χ2n) is 17.7. The van der Waals surface area contributed by atoms with Crippen LogP contribution in [0, 0.1) is 23.2 Å². The number of benzene rings is 3. The Morgan fingerprint density at radius 3 is 2.15 bits per heavy atom. The van der Waals surface area contributed by atoms with E-state index in [2.05, 4.69) is 6.92 Å². The Kier molecular flexibility index (Phi) is 15.1. The Hall–Kier alpha value is -3.04. The van der Waals surface area contributed by atoms with Crippen molar-refractivity contribution < 1.29 is 59.3 Å². The Balaban J connectivity index is 0.957. The quantitative estimate of drug-likeness (QED) is 0.0808. The molecule has 9 nitrogen and oxygen atoms in total. The molecule has 7 rings (SSSR count). The maximum atomic E-state index is 13.9. The lowest BCUT2D eigenvalue weighted by molar-refractivity contribution is -0.284. The van der Waals surface area contributed by atoms with Gasteiger partial charge < -0.3 is 19.3 Å². The second-order valence-corrected chi connectivity index (χ2v) is 21.0. The lowest BCUT2D eigenvalue weighted by Crippen LogP contribution is -2.47. The summed E-state index contributed by atoms with van der Waals surface area (Å²) in [6, 6.07) is 24.4. The molecule has 3 aromatic carbocycles.